The molecule has 1 fully saturated rings. The minimum absolute atomic E-state index is 0.150. The van der Waals surface area contributed by atoms with Gasteiger partial charge in [-0.1, -0.05) is 0 Å². The maximum absolute atomic E-state index is 13.0. The Bertz CT molecular complexity index is 1280. The number of fused-ring (bicyclic) bond motifs is 1. The van der Waals surface area contributed by atoms with Gasteiger partial charge in [0.1, 0.15) is 41.3 Å². The summed E-state index contributed by atoms with van der Waals surface area (Å²) < 4.78 is 32.9. The standard InChI is InChI=1S/C24H26O12/c1-31-11-6-4-10(5-7-11)13-8-12(26)15-17(28)21(32-2)23(22(33-3)20(15)34-13)36-24-19(30)18(29)16(27)14(9-25)35-24/h4-8,14,16,18-19,24-25,27-30H,9H2,1-3H3/t14?,16-,18+,19?,24+/m1/s1. The van der Waals surface area contributed by atoms with Crippen molar-refractivity contribution in [1.29, 1.82) is 0 Å². The second kappa shape index (κ2) is 10.2. The smallest absolute Gasteiger partial charge is 0.229 e. The molecular formula is C24H26O12. The third kappa shape index (κ3) is 4.29. The zero-order chi connectivity index (χ0) is 26.1. The van der Waals surface area contributed by atoms with Gasteiger partial charge in [-0.05, 0) is 24.3 Å². The summed E-state index contributed by atoms with van der Waals surface area (Å²) in [6.45, 7) is -0.678. The predicted molar refractivity (Wildman–Crippen MR) is 124 cm³/mol. The van der Waals surface area contributed by atoms with Crippen molar-refractivity contribution in [3.05, 3.63) is 40.6 Å². The maximum atomic E-state index is 13.0. The zero-order valence-corrected chi connectivity index (χ0v) is 19.6. The number of benzene rings is 2. The van der Waals surface area contributed by atoms with Gasteiger partial charge in [-0.15, -0.1) is 0 Å². The molecule has 2 heterocycles. The molecule has 1 aliphatic rings. The lowest BCUT2D eigenvalue weighted by Gasteiger charge is -2.39. The second-order valence-electron chi connectivity index (χ2n) is 7.97. The van der Waals surface area contributed by atoms with Crippen LogP contribution in [-0.4, -0.2) is 84.2 Å². The average Bonchev–Trinajstić information content (AvgIpc) is 2.89. The average molecular weight is 506 g/mol. The highest BCUT2D eigenvalue weighted by Crippen LogP contribution is 2.51. The molecule has 0 radical (unpaired) electrons. The Labute approximate surface area is 204 Å². The lowest BCUT2D eigenvalue weighted by molar-refractivity contribution is -0.277. The van der Waals surface area contributed by atoms with Crippen molar-refractivity contribution in [3.63, 3.8) is 0 Å². The molecule has 1 aliphatic heterocycles. The molecule has 0 bridgehead atoms. The third-order valence-corrected chi connectivity index (χ3v) is 5.88. The van der Waals surface area contributed by atoms with Crippen molar-refractivity contribution < 1.29 is 53.6 Å². The van der Waals surface area contributed by atoms with Crippen LogP contribution in [0.2, 0.25) is 0 Å². The highest BCUT2D eigenvalue weighted by Gasteiger charge is 2.45. The molecule has 12 heteroatoms. The molecule has 2 aromatic carbocycles. The number of hydrogen-bond donors (Lipinski definition) is 5. The van der Waals surface area contributed by atoms with E-state index in [1.807, 2.05) is 0 Å². The van der Waals surface area contributed by atoms with E-state index in [0.29, 0.717) is 11.3 Å². The van der Waals surface area contributed by atoms with Gasteiger partial charge in [0.15, 0.2) is 16.8 Å². The fourth-order valence-corrected chi connectivity index (χ4v) is 3.97. The molecule has 5 N–H and O–H groups in total. The molecule has 1 saturated heterocycles. The normalized spacial score (nSPS) is 23.9. The summed E-state index contributed by atoms with van der Waals surface area (Å²) >= 11 is 0. The maximum Gasteiger partial charge on any atom is 0.229 e. The van der Waals surface area contributed by atoms with Gasteiger partial charge in [0.2, 0.25) is 23.5 Å². The van der Waals surface area contributed by atoms with Gasteiger partial charge in [0.25, 0.3) is 0 Å². The summed E-state index contributed by atoms with van der Waals surface area (Å²) in [6, 6.07) is 7.89. The van der Waals surface area contributed by atoms with Crippen LogP contribution in [0.5, 0.6) is 28.7 Å². The van der Waals surface area contributed by atoms with Crippen LogP contribution in [0.1, 0.15) is 0 Å². The van der Waals surface area contributed by atoms with Gasteiger partial charge in [0, 0.05) is 11.6 Å². The van der Waals surface area contributed by atoms with Crippen molar-refractivity contribution in [2.24, 2.45) is 0 Å². The van der Waals surface area contributed by atoms with Gasteiger partial charge in [-0.3, -0.25) is 4.79 Å². The first kappa shape index (κ1) is 25.5. The zero-order valence-electron chi connectivity index (χ0n) is 19.6. The summed E-state index contributed by atoms with van der Waals surface area (Å²) in [4.78, 5) is 13.0. The Morgan fingerprint density at radius 3 is 2.14 bits per heavy atom. The molecule has 2 unspecified atom stereocenters. The van der Waals surface area contributed by atoms with E-state index in [4.69, 9.17) is 28.1 Å². The van der Waals surface area contributed by atoms with Crippen molar-refractivity contribution in [3.8, 4) is 40.1 Å². The largest absolute Gasteiger partial charge is 0.504 e. The highest BCUT2D eigenvalue weighted by atomic mass is 16.7. The number of methoxy groups -OCH3 is 3. The quantitative estimate of drug-likeness (QED) is 0.298. The number of phenolic OH excluding ortho intramolecular Hbond substituents is 1. The van der Waals surface area contributed by atoms with Crippen molar-refractivity contribution in [2.45, 2.75) is 30.7 Å². The summed E-state index contributed by atoms with van der Waals surface area (Å²) in [7, 11) is 3.97. The second-order valence-corrected chi connectivity index (χ2v) is 7.97. The summed E-state index contributed by atoms with van der Waals surface area (Å²) in [6.07, 6.45) is -7.96. The molecule has 1 aromatic heterocycles. The van der Waals surface area contributed by atoms with E-state index < -0.39 is 48.5 Å². The van der Waals surface area contributed by atoms with E-state index in [9.17, 15) is 30.3 Å². The van der Waals surface area contributed by atoms with E-state index >= 15 is 0 Å². The van der Waals surface area contributed by atoms with Gasteiger partial charge in [-0.2, -0.15) is 0 Å². The topological polar surface area (TPSA) is 178 Å². The molecule has 0 saturated carbocycles. The predicted octanol–water partition coefficient (Wildman–Crippen LogP) is 0.370. The monoisotopic (exact) mass is 506 g/mol. The minimum Gasteiger partial charge on any atom is -0.504 e. The summed E-state index contributed by atoms with van der Waals surface area (Å²) in [5.74, 6) is -0.703. The third-order valence-electron chi connectivity index (χ3n) is 5.88. The van der Waals surface area contributed by atoms with Crippen LogP contribution < -0.4 is 24.4 Å². The Hall–Kier alpha value is -3.55. The molecule has 3 aromatic rings. The van der Waals surface area contributed by atoms with Gasteiger partial charge < -0.3 is 53.6 Å². The Kier molecular flexibility index (Phi) is 7.24. The van der Waals surface area contributed by atoms with E-state index in [0.717, 1.165) is 0 Å². The summed E-state index contributed by atoms with van der Waals surface area (Å²) in [5, 5.41) is 50.6. The highest BCUT2D eigenvalue weighted by molar-refractivity contribution is 5.95. The van der Waals surface area contributed by atoms with Crippen molar-refractivity contribution in [1.82, 2.24) is 0 Å². The van der Waals surface area contributed by atoms with Gasteiger partial charge in [-0.25, -0.2) is 0 Å². The van der Waals surface area contributed by atoms with Crippen molar-refractivity contribution >= 4 is 11.0 Å². The van der Waals surface area contributed by atoms with Crippen molar-refractivity contribution in [2.75, 3.05) is 27.9 Å². The minimum atomic E-state index is -1.76. The van der Waals surface area contributed by atoms with Crippen LogP contribution >= 0.6 is 0 Å². The van der Waals surface area contributed by atoms with Gasteiger partial charge >= 0.3 is 0 Å². The van der Waals surface area contributed by atoms with E-state index in [1.165, 1.54) is 27.4 Å². The number of rotatable bonds is 7. The van der Waals surface area contributed by atoms with E-state index in [1.54, 1.807) is 24.3 Å². The first-order chi connectivity index (χ1) is 17.2. The molecule has 0 amide bonds. The first-order valence-electron chi connectivity index (χ1n) is 10.8. The number of hydrogen-bond acceptors (Lipinski definition) is 12. The lowest BCUT2D eigenvalue weighted by atomic mass is 9.99. The number of aromatic hydroxyl groups is 1. The number of phenols is 1. The molecule has 194 valence electrons. The molecule has 4 rings (SSSR count). The van der Waals surface area contributed by atoms with Crippen LogP contribution in [0.25, 0.3) is 22.3 Å². The number of aliphatic hydroxyl groups is 4. The Morgan fingerprint density at radius 2 is 1.56 bits per heavy atom. The molecule has 0 aliphatic carbocycles. The Morgan fingerprint density at radius 1 is 0.889 bits per heavy atom. The van der Waals surface area contributed by atoms with Crippen LogP contribution in [0.3, 0.4) is 0 Å². The fraction of sp³-hybridized carbons (Fsp3) is 0.375. The van der Waals surface area contributed by atoms with Gasteiger partial charge in [0.05, 0.1) is 27.9 Å². The molecule has 36 heavy (non-hydrogen) atoms. The molecule has 5 atom stereocenters. The number of ether oxygens (including phenoxy) is 5. The van der Waals surface area contributed by atoms with Crippen LogP contribution in [0.15, 0.2) is 39.5 Å². The fourth-order valence-electron chi connectivity index (χ4n) is 3.97. The first-order valence-corrected chi connectivity index (χ1v) is 10.8. The lowest BCUT2D eigenvalue weighted by Crippen LogP contribution is -2.60. The van der Waals surface area contributed by atoms with E-state index in [2.05, 4.69) is 0 Å². The molecular weight excluding hydrogens is 480 g/mol. The SMILES string of the molecule is COc1ccc(-c2cc(=O)c3c(O)c(OC)c(O[C@@H]4OC(CO)[C@@H](O)[C@H](O)C4O)c(OC)c3o2)cc1. The van der Waals surface area contributed by atoms with Crippen LogP contribution in [-0.2, 0) is 4.74 Å². The molecule has 12 nitrogen and oxygen atoms in total. The Balaban J connectivity index is 1.88. The van der Waals surface area contributed by atoms with Crippen LogP contribution in [0.4, 0.5) is 0 Å². The summed E-state index contributed by atoms with van der Waals surface area (Å²) in [5.41, 5.74) is -0.257. The van der Waals surface area contributed by atoms with E-state index in [-0.39, 0.29) is 34.0 Å². The number of aliphatic hydroxyl groups excluding tert-OH is 4. The van der Waals surface area contributed by atoms with Crippen LogP contribution in [0, 0.1) is 0 Å². The molecule has 0 spiro atoms.